The molecule has 102 valence electrons. The number of fused-ring (bicyclic) bond motifs is 1. The number of nitrogens with zero attached hydrogens (tertiary/aromatic N) is 1. The molecule has 0 aliphatic rings. The Hall–Kier alpha value is -1.77. The minimum Gasteiger partial charge on any atom is -0.478 e. The van der Waals surface area contributed by atoms with Gasteiger partial charge in [0.2, 0.25) is 0 Å². The lowest BCUT2D eigenvalue weighted by Crippen LogP contribution is -2.10. The topological polar surface area (TPSA) is 42.2 Å². The summed E-state index contributed by atoms with van der Waals surface area (Å²) in [7, 11) is 0. The number of aromatic carboxylic acids is 1. The summed E-state index contributed by atoms with van der Waals surface area (Å²) in [6.45, 7) is 10.5. The van der Waals surface area contributed by atoms with E-state index in [1.807, 2.05) is 16.7 Å². The van der Waals surface area contributed by atoms with Gasteiger partial charge in [0.15, 0.2) is 0 Å². The number of rotatable bonds is 2. The second-order valence-corrected chi connectivity index (χ2v) is 6.33. The molecule has 1 N–H and O–H groups in total. The molecule has 0 bridgehead atoms. The van der Waals surface area contributed by atoms with E-state index in [1.165, 1.54) is 0 Å². The number of carbonyl (C=O) groups is 1. The van der Waals surface area contributed by atoms with Crippen molar-refractivity contribution in [2.75, 3.05) is 0 Å². The highest BCUT2D eigenvalue weighted by Gasteiger charge is 2.19. The van der Waals surface area contributed by atoms with Crippen LogP contribution >= 0.6 is 0 Å². The predicted octanol–water partition coefficient (Wildman–Crippen LogP) is 4.22. The first-order chi connectivity index (χ1) is 8.71. The number of carboxylic acids is 1. The highest BCUT2D eigenvalue weighted by Crippen LogP contribution is 2.30. The maximum atomic E-state index is 11.4. The second-order valence-electron chi connectivity index (χ2n) is 6.33. The van der Waals surface area contributed by atoms with E-state index < -0.39 is 5.97 Å². The molecule has 0 aliphatic carbocycles. The van der Waals surface area contributed by atoms with Crippen molar-refractivity contribution in [3.8, 4) is 0 Å². The number of aromatic nitrogens is 1. The molecule has 2 rings (SSSR count). The summed E-state index contributed by atoms with van der Waals surface area (Å²) in [6.07, 6.45) is 1.74. The van der Waals surface area contributed by atoms with Gasteiger partial charge in [0, 0.05) is 23.1 Å². The van der Waals surface area contributed by atoms with Crippen LogP contribution in [0, 0.1) is 0 Å². The highest BCUT2D eigenvalue weighted by molar-refractivity contribution is 6.03. The molecular weight excluding hydrogens is 238 g/mol. The molecule has 1 aromatic carbocycles. The normalized spacial score (nSPS) is 12.3. The summed E-state index contributed by atoms with van der Waals surface area (Å²) in [5, 5.41) is 10.2. The van der Waals surface area contributed by atoms with Crippen molar-refractivity contribution in [3.05, 3.63) is 35.5 Å². The Balaban J connectivity index is 2.77. The Labute approximate surface area is 113 Å². The van der Waals surface area contributed by atoms with Crippen LogP contribution in [0.1, 0.15) is 56.6 Å². The smallest absolute Gasteiger partial charge is 0.337 e. The van der Waals surface area contributed by atoms with Crippen molar-refractivity contribution in [1.29, 1.82) is 0 Å². The molecule has 0 spiro atoms. The minimum absolute atomic E-state index is 0.0178. The monoisotopic (exact) mass is 259 g/mol. The largest absolute Gasteiger partial charge is 0.478 e. The van der Waals surface area contributed by atoms with Gasteiger partial charge in [0.25, 0.3) is 0 Å². The maximum Gasteiger partial charge on any atom is 0.337 e. The van der Waals surface area contributed by atoms with E-state index in [4.69, 9.17) is 0 Å². The third kappa shape index (κ3) is 2.37. The molecule has 0 saturated carbocycles. The summed E-state index contributed by atoms with van der Waals surface area (Å²) in [4.78, 5) is 11.4. The zero-order chi connectivity index (χ0) is 14.4. The molecule has 19 heavy (non-hydrogen) atoms. The van der Waals surface area contributed by atoms with Crippen molar-refractivity contribution in [2.24, 2.45) is 0 Å². The Morgan fingerprint density at radius 1 is 1.26 bits per heavy atom. The van der Waals surface area contributed by atoms with Gasteiger partial charge in [-0.2, -0.15) is 0 Å². The average Bonchev–Trinajstić information content (AvgIpc) is 2.66. The van der Waals surface area contributed by atoms with Crippen molar-refractivity contribution >= 4 is 16.9 Å². The third-order valence-electron chi connectivity index (χ3n) is 3.49. The SMILES string of the molecule is CC(C)n1cc(C(=O)O)c2cc(C(C)(C)C)ccc21. The number of hydrogen-bond acceptors (Lipinski definition) is 1. The van der Waals surface area contributed by atoms with Gasteiger partial charge in [-0.1, -0.05) is 26.8 Å². The van der Waals surface area contributed by atoms with Crippen LogP contribution in [0.5, 0.6) is 0 Å². The van der Waals surface area contributed by atoms with Crippen LogP contribution in [0.3, 0.4) is 0 Å². The Morgan fingerprint density at radius 3 is 2.37 bits per heavy atom. The minimum atomic E-state index is -0.865. The zero-order valence-corrected chi connectivity index (χ0v) is 12.2. The van der Waals surface area contributed by atoms with Crippen LogP contribution in [0.4, 0.5) is 0 Å². The van der Waals surface area contributed by atoms with Gasteiger partial charge in [0.05, 0.1) is 5.56 Å². The van der Waals surface area contributed by atoms with Gasteiger partial charge in [-0.3, -0.25) is 0 Å². The first-order valence-electron chi connectivity index (χ1n) is 6.60. The number of carboxylic acid groups (broad SMARTS) is 1. The average molecular weight is 259 g/mol. The van der Waals surface area contributed by atoms with Gasteiger partial charge in [0.1, 0.15) is 0 Å². The predicted molar refractivity (Wildman–Crippen MR) is 78.0 cm³/mol. The lowest BCUT2D eigenvalue weighted by Gasteiger charge is -2.19. The summed E-state index contributed by atoms with van der Waals surface area (Å²) in [5.41, 5.74) is 2.54. The fourth-order valence-corrected chi connectivity index (χ4v) is 2.32. The zero-order valence-electron chi connectivity index (χ0n) is 12.2. The molecule has 3 heteroatoms. The fraction of sp³-hybridized carbons (Fsp3) is 0.438. The quantitative estimate of drug-likeness (QED) is 0.877. The van der Waals surface area contributed by atoms with Crippen molar-refractivity contribution in [2.45, 2.75) is 46.1 Å². The molecule has 0 amide bonds. The fourth-order valence-electron chi connectivity index (χ4n) is 2.32. The molecule has 0 radical (unpaired) electrons. The Kier molecular flexibility index (Phi) is 3.17. The summed E-state index contributed by atoms with van der Waals surface area (Å²) < 4.78 is 2.02. The third-order valence-corrected chi connectivity index (χ3v) is 3.49. The summed E-state index contributed by atoms with van der Waals surface area (Å²) in [5.74, 6) is -0.865. The number of benzene rings is 1. The van der Waals surface area contributed by atoms with E-state index >= 15 is 0 Å². The van der Waals surface area contributed by atoms with Gasteiger partial charge in [-0.15, -0.1) is 0 Å². The van der Waals surface area contributed by atoms with E-state index in [1.54, 1.807) is 6.20 Å². The highest BCUT2D eigenvalue weighted by atomic mass is 16.4. The van der Waals surface area contributed by atoms with Crippen LogP contribution < -0.4 is 0 Å². The van der Waals surface area contributed by atoms with Gasteiger partial charge >= 0.3 is 5.97 Å². The van der Waals surface area contributed by atoms with Crippen LogP contribution in [-0.2, 0) is 5.41 Å². The van der Waals surface area contributed by atoms with E-state index in [9.17, 15) is 9.90 Å². The van der Waals surface area contributed by atoms with Crippen LogP contribution in [-0.4, -0.2) is 15.6 Å². The van der Waals surface area contributed by atoms with Crippen LogP contribution in [0.2, 0.25) is 0 Å². The molecule has 0 fully saturated rings. The molecule has 1 heterocycles. The van der Waals surface area contributed by atoms with Gasteiger partial charge in [-0.05, 0) is 37.0 Å². The molecule has 0 unspecified atom stereocenters. The Bertz CT molecular complexity index is 630. The first-order valence-corrected chi connectivity index (χ1v) is 6.60. The van der Waals surface area contributed by atoms with Gasteiger partial charge < -0.3 is 9.67 Å². The second kappa shape index (κ2) is 4.41. The molecule has 1 aromatic heterocycles. The molecular formula is C16H21NO2. The summed E-state index contributed by atoms with van der Waals surface area (Å²) in [6, 6.07) is 6.38. The van der Waals surface area contributed by atoms with Crippen LogP contribution in [0.15, 0.2) is 24.4 Å². The van der Waals surface area contributed by atoms with Gasteiger partial charge in [-0.25, -0.2) is 4.79 Å². The standard InChI is InChI=1S/C16H21NO2/c1-10(2)17-9-13(15(18)19)12-8-11(16(3,4)5)6-7-14(12)17/h6-10H,1-5H3,(H,18,19). The number of hydrogen-bond donors (Lipinski definition) is 1. The molecule has 0 atom stereocenters. The van der Waals surface area contributed by atoms with E-state index in [0.29, 0.717) is 5.56 Å². The van der Waals surface area contributed by atoms with Crippen molar-refractivity contribution in [1.82, 2.24) is 4.57 Å². The summed E-state index contributed by atoms with van der Waals surface area (Å²) >= 11 is 0. The van der Waals surface area contributed by atoms with E-state index in [2.05, 4.69) is 40.7 Å². The van der Waals surface area contributed by atoms with Crippen molar-refractivity contribution < 1.29 is 9.90 Å². The lowest BCUT2D eigenvalue weighted by atomic mass is 9.86. The Morgan fingerprint density at radius 2 is 1.89 bits per heavy atom. The molecule has 3 nitrogen and oxygen atoms in total. The molecule has 0 aliphatic heterocycles. The maximum absolute atomic E-state index is 11.4. The van der Waals surface area contributed by atoms with Crippen molar-refractivity contribution in [3.63, 3.8) is 0 Å². The van der Waals surface area contributed by atoms with E-state index in [0.717, 1.165) is 16.5 Å². The molecule has 2 aromatic rings. The molecule has 0 saturated heterocycles. The first kappa shape index (κ1) is 13.7. The van der Waals surface area contributed by atoms with E-state index in [-0.39, 0.29) is 11.5 Å². The van der Waals surface area contributed by atoms with Crippen LogP contribution in [0.25, 0.3) is 10.9 Å². The lowest BCUT2D eigenvalue weighted by molar-refractivity contribution is 0.0698.